The number of nitrogens with one attached hydrogen (secondary N) is 1. The second-order valence-corrected chi connectivity index (χ2v) is 4.73. The fourth-order valence-corrected chi connectivity index (χ4v) is 2.28. The van der Waals surface area contributed by atoms with Gasteiger partial charge in [-0.2, -0.15) is 0 Å². The first-order valence-electron chi connectivity index (χ1n) is 6.57. The van der Waals surface area contributed by atoms with Crippen molar-refractivity contribution in [3.05, 3.63) is 59.2 Å². The quantitative estimate of drug-likeness (QED) is 0.910. The maximum absolute atomic E-state index is 13.9. The standard InChI is InChI=1S/C16H19FN2O/c1-11-6-7-15(20-3)12(9-11)10-14(18-2)16-13(17)5-4-8-19-16/h4-9,14,18H,10H2,1-3H3. The predicted octanol–water partition coefficient (Wildman–Crippen LogP) is 3.04. The van der Waals surface area contributed by atoms with Gasteiger partial charge in [0.2, 0.25) is 0 Å². The highest BCUT2D eigenvalue weighted by atomic mass is 19.1. The Hall–Kier alpha value is -1.94. The summed E-state index contributed by atoms with van der Waals surface area (Å²) in [5.74, 6) is 0.519. The molecule has 0 radical (unpaired) electrons. The third kappa shape index (κ3) is 3.14. The summed E-state index contributed by atoms with van der Waals surface area (Å²) in [5.41, 5.74) is 2.62. The zero-order chi connectivity index (χ0) is 14.5. The molecule has 0 aliphatic heterocycles. The molecule has 2 rings (SSSR count). The van der Waals surface area contributed by atoms with E-state index in [0.717, 1.165) is 16.9 Å². The van der Waals surface area contributed by atoms with Crippen LogP contribution in [-0.2, 0) is 6.42 Å². The molecule has 1 aromatic carbocycles. The molecule has 0 fully saturated rings. The number of hydrogen-bond donors (Lipinski definition) is 1. The Bertz CT molecular complexity index is 586. The molecule has 106 valence electrons. The summed E-state index contributed by atoms with van der Waals surface area (Å²) in [5, 5.41) is 3.12. The molecule has 1 aromatic heterocycles. The van der Waals surface area contributed by atoms with E-state index in [0.29, 0.717) is 12.1 Å². The number of benzene rings is 1. The summed E-state index contributed by atoms with van der Waals surface area (Å²) < 4.78 is 19.2. The number of aryl methyl sites for hydroxylation is 1. The minimum atomic E-state index is -0.293. The van der Waals surface area contributed by atoms with Crippen molar-refractivity contribution in [3.8, 4) is 5.75 Å². The number of rotatable bonds is 5. The van der Waals surface area contributed by atoms with Gasteiger partial charge in [0.05, 0.1) is 18.8 Å². The third-order valence-electron chi connectivity index (χ3n) is 3.33. The Morgan fingerprint density at radius 3 is 2.80 bits per heavy atom. The van der Waals surface area contributed by atoms with Gasteiger partial charge < -0.3 is 10.1 Å². The van der Waals surface area contributed by atoms with Crippen LogP contribution in [0.2, 0.25) is 0 Å². The average Bonchev–Trinajstić information content (AvgIpc) is 2.46. The second-order valence-electron chi connectivity index (χ2n) is 4.73. The van der Waals surface area contributed by atoms with Crippen LogP contribution in [0.1, 0.15) is 22.9 Å². The summed E-state index contributed by atoms with van der Waals surface area (Å²) in [6, 6.07) is 8.83. The summed E-state index contributed by atoms with van der Waals surface area (Å²) in [7, 11) is 3.45. The van der Waals surface area contributed by atoms with Crippen LogP contribution in [0.15, 0.2) is 36.5 Å². The summed E-state index contributed by atoms with van der Waals surface area (Å²) in [6.07, 6.45) is 2.23. The van der Waals surface area contributed by atoms with Gasteiger partial charge in [-0.3, -0.25) is 4.98 Å². The van der Waals surface area contributed by atoms with E-state index in [1.165, 1.54) is 6.07 Å². The zero-order valence-electron chi connectivity index (χ0n) is 12.0. The van der Waals surface area contributed by atoms with Crippen LogP contribution in [-0.4, -0.2) is 19.1 Å². The first-order valence-corrected chi connectivity index (χ1v) is 6.57. The summed E-state index contributed by atoms with van der Waals surface area (Å²) >= 11 is 0. The van der Waals surface area contributed by atoms with Crippen molar-refractivity contribution in [2.24, 2.45) is 0 Å². The van der Waals surface area contributed by atoms with E-state index < -0.39 is 0 Å². The van der Waals surface area contributed by atoms with Gasteiger partial charge in [0.15, 0.2) is 0 Å². The lowest BCUT2D eigenvalue weighted by Gasteiger charge is -2.18. The Kier molecular flexibility index (Phi) is 4.69. The summed E-state index contributed by atoms with van der Waals surface area (Å²) in [6.45, 7) is 2.03. The second kappa shape index (κ2) is 6.48. The van der Waals surface area contributed by atoms with Crippen LogP contribution in [0.4, 0.5) is 4.39 Å². The van der Waals surface area contributed by atoms with Gasteiger partial charge in [-0.15, -0.1) is 0 Å². The van der Waals surface area contributed by atoms with Crippen LogP contribution in [0.5, 0.6) is 5.75 Å². The molecule has 0 spiro atoms. The number of hydrogen-bond acceptors (Lipinski definition) is 3. The van der Waals surface area contributed by atoms with Gasteiger partial charge in [0.1, 0.15) is 11.6 Å². The molecule has 0 aliphatic rings. The molecule has 1 unspecified atom stereocenters. The summed E-state index contributed by atoms with van der Waals surface area (Å²) in [4.78, 5) is 4.15. The lowest BCUT2D eigenvalue weighted by molar-refractivity contribution is 0.405. The highest BCUT2D eigenvalue weighted by Gasteiger charge is 2.17. The number of nitrogens with zero attached hydrogens (tertiary/aromatic N) is 1. The van der Waals surface area contributed by atoms with E-state index in [2.05, 4.69) is 16.4 Å². The maximum atomic E-state index is 13.9. The Morgan fingerprint density at radius 2 is 2.15 bits per heavy atom. The van der Waals surface area contributed by atoms with E-state index in [4.69, 9.17) is 4.74 Å². The molecule has 3 nitrogen and oxygen atoms in total. The van der Waals surface area contributed by atoms with Gasteiger partial charge in [-0.05, 0) is 44.2 Å². The van der Waals surface area contributed by atoms with Crippen molar-refractivity contribution in [1.82, 2.24) is 10.3 Å². The van der Waals surface area contributed by atoms with E-state index in [9.17, 15) is 4.39 Å². The third-order valence-corrected chi connectivity index (χ3v) is 3.33. The zero-order valence-corrected chi connectivity index (χ0v) is 12.0. The van der Waals surface area contributed by atoms with Gasteiger partial charge >= 0.3 is 0 Å². The van der Waals surface area contributed by atoms with Crippen LogP contribution in [0, 0.1) is 12.7 Å². The number of ether oxygens (including phenoxy) is 1. The number of pyridine rings is 1. The molecule has 1 heterocycles. The predicted molar refractivity (Wildman–Crippen MR) is 77.4 cm³/mol. The molecule has 1 N–H and O–H groups in total. The lowest BCUT2D eigenvalue weighted by atomic mass is 10.00. The van der Waals surface area contributed by atoms with Gasteiger partial charge in [0, 0.05) is 6.20 Å². The highest BCUT2D eigenvalue weighted by molar-refractivity contribution is 5.38. The Morgan fingerprint density at radius 1 is 1.35 bits per heavy atom. The molecule has 20 heavy (non-hydrogen) atoms. The van der Waals surface area contributed by atoms with Gasteiger partial charge in [-0.25, -0.2) is 4.39 Å². The SMILES string of the molecule is CNC(Cc1cc(C)ccc1OC)c1ncccc1F. The van der Waals surface area contributed by atoms with Crippen molar-refractivity contribution in [1.29, 1.82) is 0 Å². The molecule has 0 amide bonds. The first-order chi connectivity index (χ1) is 9.65. The molecule has 0 aliphatic carbocycles. The van der Waals surface area contributed by atoms with Gasteiger partial charge in [-0.1, -0.05) is 17.7 Å². The molecule has 2 aromatic rings. The van der Waals surface area contributed by atoms with E-state index >= 15 is 0 Å². The van der Waals surface area contributed by atoms with E-state index in [-0.39, 0.29) is 11.9 Å². The maximum Gasteiger partial charge on any atom is 0.146 e. The van der Waals surface area contributed by atoms with Crippen molar-refractivity contribution in [3.63, 3.8) is 0 Å². The fraction of sp³-hybridized carbons (Fsp3) is 0.312. The number of halogens is 1. The average molecular weight is 274 g/mol. The van der Waals surface area contributed by atoms with Crippen molar-refractivity contribution in [2.75, 3.05) is 14.2 Å². The normalized spacial score (nSPS) is 12.2. The number of likely N-dealkylation sites (N-methyl/N-ethyl adjacent to an activating group) is 1. The Labute approximate surface area is 118 Å². The molecule has 0 saturated carbocycles. The van der Waals surface area contributed by atoms with Crippen molar-refractivity contribution < 1.29 is 9.13 Å². The number of methoxy groups -OCH3 is 1. The molecule has 4 heteroatoms. The molecular formula is C16H19FN2O. The monoisotopic (exact) mass is 274 g/mol. The molecular weight excluding hydrogens is 255 g/mol. The minimum Gasteiger partial charge on any atom is -0.496 e. The first kappa shape index (κ1) is 14.5. The van der Waals surface area contributed by atoms with Crippen molar-refractivity contribution >= 4 is 0 Å². The topological polar surface area (TPSA) is 34.1 Å². The van der Waals surface area contributed by atoms with Gasteiger partial charge in [0.25, 0.3) is 0 Å². The van der Waals surface area contributed by atoms with Crippen LogP contribution in [0.25, 0.3) is 0 Å². The van der Waals surface area contributed by atoms with Crippen LogP contribution < -0.4 is 10.1 Å². The van der Waals surface area contributed by atoms with E-state index in [1.54, 1.807) is 26.4 Å². The largest absolute Gasteiger partial charge is 0.496 e. The lowest BCUT2D eigenvalue weighted by Crippen LogP contribution is -2.21. The Balaban J connectivity index is 2.31. The van der Waals surface area contributed by atoms with Crippen LogP contribution in [0.3, 0.4) is 0 Å². The highest BCUT2D eigenvalue weighted by Crippen LogP contribution is 2.26. The number of aromatic nitrogens is 1. The molecule has 1 atom stereocenters. The van der Waals surface area contributed by atoms with Crippen molar-refractivity contribution in [2.45, 2.75) is 19.4 Å². The molecule has 0 saturated heterocycles. The van der Waals surface area contributed by atoms with Crippen LogP contribution >= 0.6 is 0 Å². The fourth-order valence-electron chi connectivity index (χ4n) is 2.28. The molecule has 0 bridgehead atoms. The minimum absolute atomic E-state index is 0.188. The van der Waals surface area contributed by atoms with E-state index in [1.807, 2.05) is 19.1 Å². The smallest absolute Gasteiger partial charge is 0.146 e.